The number of carbonyl (C=O) groups is 3. The number of rotatable bonds is 2. The quantitative estimate of drug-likeness (QED) is 0.332. The fourth-order valence-electron chi connectivity index (χ4n) is 5.50. The summed E-state index contributed by atoms with van der Waals surface area (Å²) in [6.45, 7) is 1.40. The summed E-state index contributed by atoms with van der Waals surface area (Å²) < 4.78 is 0. The number of fused-ring (bicyclic) bond motifs is 3. The van der Waals surface area contributed by atoms with Crippen LogP contribution in [0.3, 0.4) is 0 Å². The Morgan fingerprint density at radius 3 is 2.34 bits per heavy atom. The number of primary amides is 1. The Labute approximate surface area is 182 Å². The minimum absolute atomic E-state index is 0.170. The minimum Gasteiger partial charge on any atom is -0.508 e. The third kappa shape index (κ3) is 2.48. The molecule has 4 rings (SSSR count). The average molecular weight is 444 g/mol. The van der Waals surface area contributed by atoms with Gasteiger partial charge in [0.2, 0.25) is 5.78 Å². The maximum Gasteiger partial charge on any atom is 0.255 e. The monoisotopic (exact) mass is 444 g/mol. The number of aliphatic hydroxyl groups excluding tert-OH is 2. The van der Waals surface area contributed by atoms with E-state index < -0.39 is 75.0 Å². The lowest BCUT2D eigenvalue weighted by molar-refractivity contribution is -0.159. The van der Waals surface area contributed by atoms with Crippen LogP contribution >= 0.6 is 0 Å². The zero-order valence-corrected chi connectivity index (χ0v) is 17.7. The first-order valence-electron chi connectivity index (χ1n) is 9.97. The summed E-state index contributed by atoms with van der Waals surface area (Å²) in [5, 5.41) is 54.9. The molecule has 1 unspecified atom stereocenters. The summed E-state index contributed by atoms with van der Waals surface area (Å²) in [6.07, 6.45) is -0.200. The van der Waals surface area contributed by atoms with E-state index in [9.17, 15) is 39.9 Å². The lowest BCUT2D eigenvalue weighted by Crippen LogP contribution is -2.67. The molecule has 0 radical (unpaired) electrons. The number of nitrogens with two attached hydrogens (primary N) is 1. The van der Waals surface area contributed by atoms with Gasteiger partial charge in [0.25, 0.3) is 5.91 Å². The number of Topliss-reactive ketones (excluding diaryl/α,β-unsaturated/α-hetero) is 2. The Morgan fingerprint density at radius 2 is 1.78 bits per heavy atom. The van der Waals surface area contributed by atoms with Gasteiger partial charge in [-0.3, -0.25) is 19.3 Å². The number of amides is 1. The molecule has 5 atom stereocenters. The highest BCUT2D eigenvalue weighted by Gasteiger charge is 2.66. The SMILES string of the molecule is CN(C)[C@@H]1C(=O)C(C(N)=O)=C(O)[C@@]2(O)C(=O)C3=C(O)c4c(O)cccc4C(C)(O)[C@H]3C[C@@H]12. The molecule has 10 heteroatoms. The van der Waals surface area contributed by atoms with Gasteiger partial charge >= 0.3 is 0 Å². The van der Waals surface area contributed by atoms with E-state index in [4.69, 9.17) is 5.73 Å². The number of aliphatic hydroxyl groups is 4. The summed E-state index contributed by atoms with van der Waals surface area (Å²) in [5.74, 6) is -7.90. The van der Waals surface area contributed by atoms with Gasteiger partial charge in [-0.25, -0.2) is 0 Å². The van der Waals surface area contributed by atoms with Gasteiger partial charge in [0.1, 0.15) is 22.8 Å². The molecule has 1 aromatic rings. The molecule has 170 valence electrons. The molecule has 0 bridgehead atoms. The van der Waals surface area contributed by atoms with Crippen LogP contribution in [-0.2, 0) is 20.0 Å². The molecule has 1 amide bonds. The second-order valence-electron chi connectivity index (χ2n) is 8.96. The lowest BCUT2D eigenvalue weighted by Gasteiger charge is -2.53. The Bertz CT molecular complexity index is 1150. The van der Waals surface area contributed by atoms with Crippen LogP contribution in [0.2, 0.25) is 0 Å². The van der Waals surface area contributed by atoms with E-state index in [0.29, 0.717) is 0 Å². The van der Waals surface area contributed by atoms with E-state index >= 15 is 0 Å². The van der Waals surface area contributed by atoms with Crippen molar-refractivity contribution < 1.29 is 39.9 Å². The number of hydrogen-bond acceptors (Lipinski definition) is 9. The van der Waals surface area contributed by atoms with Crippen molar-refractivity contribution in [3.05, 3.63) is 46.2 Å². The van der Waals surface area contributed by atoms with Gasteiger partial charge in [0.15, 0.2) is 11.4 Å². The van der Waals surface area contributed by atoms with Crippen LogP contribution in [0.15, 0.2) is 35.1 Å². The molecule has 1 fully saturated rings. The topological polar surface area (TPSA) is 182 Å². The summed E-state index contributed by atoms with van der Waals surface area (Å²) in [4.78, 5) is 40.0. The van der Waals surface area contributed by atoms with Crippen LogP contribution in [0.1, 0.15) is 24.5 Å². The summed E-state index contributed by atoms with van der Waals surface area (Å²) in [6, 6.07) is 3.02. The van der Waals surface area contributed by atoms with Crippen LogP contribution in [-0.4, -0.2) is 73.6 Å². The molecule has 1 aromatic carbocycles. The van der Waals surface area contributed by atoms with Gasteiger partial charge in [0.05, 0.1) is 17.2 Å². The van der Waals surface area contributed by atoms with Gasteiger partial charge < -0.3 is 31.3 Å². The van der Waals surface area contributed by atoms with E-state index in [1.165, 1.54) is 44.1 Å². The van der Waals surface area contributed by atoms with Crippen molar-refractivity contribution in [2.75, 3.05) is 14.1 Å². The third-order valence-corrected chi connectivity index (χ3v) is 7.02. The number of aromatic hydroxyl groups is 1. The average Bonchev–Trinajstić information content (AvgIpc) is 2.68. The molecule has 3 aliphatic rings. The fraction of sp³-hybridized carbons (Fsp3) is 0.409. The number of phenols is 1. The van der Waals surface area contributed by atoms with Gasteiger partial charge in [-0.15, -0.1) is 0 Å². The molecule has 0 heterocycles. The van der Waals surface area contributed by atoms with Crippen molar-refractivity contribution in [2.24, 2.45) is 17.6 Å². The van der Waals surface area contributed by atoms with Crippen molar-refractivity contribution in [1.82, 2.24) is 4.90 Å². The fourth-order valence-corrected chi connectivity index (χ4v) is 5.50. The highest BCUT2D eigenvalue weighted by atomic mass is 16.3. The number of likely N-dealkylation sites (N-methyl/N-ethyl adjacent to an activating group) is 1. The molecule has 32 heavy (non-hydrogen) atoms. The van der Waals surface area contributed by atoms with Crippen LogP contribution in [0.5, 0.6) is 5.75 Å². The van der Waals surface area contributed by atoms with Crippen LogP contribution in [0, 0.1) is 11.8 Å². The smallest absolute Gasteiger partial charge is 0.255 e. The highest BCUT2D eigenvalue weighted by Crippen LogP contribution is 2.57. The van der Waals surface area contributed by atoms with Crippen LogP contribution < -0.4 is 5.73 Å². The van der Waals surface area contributed by atoms with E-state index in [-0.39, 0.29) is 17.5 Å². The number of nitrogens with zero attached hydrogens (tertiary/aromatic N) is 1. The number of carbonyl (C=O) groups excluding carboxylic acids is 3. The van der Waals surface area contributed by atoms with Crippen molar-refractivity contribution in [1.29, 1.82) is 0 Å². The molecule has 10 nitrogen and oxygen atoms in total. The Morgan fingerprint density at radius 1 is 1.16 bits per heavy atom. The molecular weight excluding hydrogens is 420 g/mol. The largest absolute Gasteiger partial charge is 0.508 e. The van der Waals surface area contributed by atoms with Gasteiger partial charge in [-0.05, 0) is 39.1 Å². The Kier molecular flexibility index (Phi) is 4.57. The molecule has 0 aromatic heterocycles. The molecular formula is C22H24N2O8. The van der Waals surface area contributed by atoms with Crippen LogP contribution in [0.25, 0.3) is 5.76 Å². The molecule has 7 N–H and O–H groups in total. The summed E-state index contributed by atoms with van der Waals surface area (Å²) >= 11 is 0. The van der Waals surface area contributed by atoms with Gasteiger partial charge in [-0.2, -0.15) is 0 Å². The van der Waals surface area contributed by atoms with Crippen molar-refractivity contribution in [3.8, 4) is 5.75 Å². The first kappa shape index (κ1) is 22.0. The second-order valence-corrected chi connectivity index (χ2v) is 8.96. The number of benzene rings is 1. The first-order valence-corrected chi connectivity index (χ1v) is 9.97. The summed E-state index contributed by atoms with van der Waals surface area (Å²) in [5.41, 5.74) is -0.548. The van der Waals surface area contributed by atoms with E-state index in [1.54, 1.807) is 0 Å². The van der Waals surface area contributed by atoms with Crippen LogP contribution in [0.4, 0.5) is 0 Å². The molecule has 1 saturated carbocycles. The minimum atomic E-state index is -2.75. The molecule has 0 spiro atoms. The van der Waals surface area contributed by atoms with Crippen molar-refractivity contribution >= 4 is 23.2 Å². The highest BCUT2D eigenvalue weighted by molar-refractivity contribution is 6.24. The molecule has 0 saturated heterocycles. The van der Waals surface area contributed by atoms with Gasteiger partial charge in [-0.1, -0.05) is 12.1 Å². The normalized spacial score (nSPS) is 34.4. The predicted molar refractivity (Wildman–Crippen MR) is 110 cm³/mol. The number of ketones is 2. The zero-order valence-electron chi connectivity index (χ0n) is 17.7. The maximum atomic E-state index is 13.7. The molecule has 0 aliphatic heterocycles. The number of phenolic OH excluding ortho intramolecular Hbond substituents is 1. The Hall–Kier alpha value is -3.21. The predicted octanol–water partition coefficient (Wildman–Crippen LogP) is -0.371. The molecule has 3 aliphatic carbocycles. The summed E-state index contributed by atoms with van der Waals surface area (Å²) in [7, 11) is 3.01. The Balaban J connectivity index is 2.05. The first-order chi connectivity index (χ1) is 14.8. The third-order valence-electron chi connectivity index (χ3n) is 7.02. The standard InChI is InChI=1S/C22H24N2O8/c1-21(31)8-5-4-6-11(25)12(8)16(26)13-9(21)7-10-15(24(2)3)17(27)14(20(23)30)19(29)22(10,32)18(13)28/h4-6,9-10,15,25-26,29,31-32H,7H2,1-3H3,(H2,23,30)/t9-,10-,15-,21?,22-/m0/s1. The number of hydrogen-bond donors (Lipinski definition) is 6. The van der Waals surface area contributed by atoms with E-state index in [0.717, 1.165) is 0 Å². The second kappa shape index (κ2) is 6.64. The zero-order chi connectivity index (χ0) is 23.9. The lowest BCUT2D eigenvalue weighted by atomic mass is 9.54. The van der Waals surface area contributed by atoms with E-state index in [1.807, 2.05) is 0 Å². The van der Waals surface area contributed by atoms with Crippen molar-refractivity contribution in [2.45, 2.75) is 30.6 Å². The van der Waals surface area contributed by atoms with E-state index in [2.05, 4.69) is 0 Å². The maximum absolute atomic E-state index is 13.7. The van der Waals surface area contributed by atoms with Gasteiger partial charge in [0, 0.05) is 17.4 Å². The van der Waals surface area contributed by atoms with Crippen molar-refractivity contribution in [3.63, 3.8) is 0 Å².